The van der Waals surface area contributed by atoms with Gasteiger partial charge >= 0.3 is 11.7 Å². The summed E-state index contributed by atoms with van der Waals surface area (Å²) in [6.07, 6.45) is 0. The number of carbonyl (C=O) groups is 3. The lowest BCUT2D eigenvalue weighted by atomic mass is 9.98. The number of carbonyl (C=O) groups excluding carboxylic acids is 3. The van der Waals surface area contributed by atoms with Crippen molar-refractivity contribution >= 4 is 57.9 Å². The quantitative estimate of drug-likeness (QED) is 0.495. The summed E-state index contributed by atoms with van der Waals surface area (Å²) >= 11 is 11.6. The number of ketones is 1. The summed E-state index contributed by atoms with van der Waals surface area (Å²) in [5.74, 6) is -2.96. The van der Waals surface area contributed by atoms with Crippen molar-refractivity contribution in [1.82, 2.24) is 0 Å². The number of hydrogen-bond donors (Lipinski definition) is 1. The first-order chi connectivity index (χ1) is 10.2. The van der Waals surface area contributed by atoms with Crippen LogP contribution in [0.15, 0.2) is 11.2 Å². The van der Waals surface area contributed by atoms with Crippen molar-refractivity contribution in [2.24, 2.45) is 5.16 Å². The fraction of sp³-hybridized carbons (Fsp3) is 0.0909. The van der Waals surface area contributed by atoms with Crippen LogP contribution in [0.4, 0.5) is 11.4 Å². The van der Waals surface area contributed by atoms with E-state index in [4.69, 9.17) is 23.2 Å². The highest BCUT2D eigenvalue weighted by atomic mass is 35.5. The van der Waals surface area contributed by atoms with E-state index in [2.05, 4.69) is 15.3 Å². The first-order valence-electron chi connectivity index (χ1n) is 5.52. The van der Waals surface area contributed by atoms with Crippen molar-refractivity contribution in [3.8, 4) is 0 Å². The highest BCUT2D eigenvalue weighted by Gasteiger charge is 2.39. The predicted octanol–water partition coefficient (Wildman–Crippen LogP) is 1.96. The molecule has 114 valence electrons. The van der Waals surface area contributed by atoms with E-state index >= 15 is 0 Å². The van der Waals surface area contributed by atoms with Crippen LogP contribution in [0.3, 0.4) is 0 Å². The molecule has 0 aromatic heterocycles. The Hall–Kier alpha value is -2.52. The molecule has 1 N–H and O–H groups in total. The summed E-state index contributed by atoms with van der Waals surface area (Å²) in [7, 11) is 0. The largest absolute Gasteiger partial charge is 0.332 e. The maximum atomic E-state index is 12.2. The van der Waals surface area contributed by atoms with E-state index in [1.54, 1.807) is 0 Å². The van der Waals surface area contributed by atoms with E-state index in [-0.39, 0.29) is 15.6 Å². The SMILES string of the molecule is CC(=O)ON=C1C(=O)Nc2c(c(Cl)cc(Cl)c2[N+](=O)[O-])C1=O. The molecule has 9 nitrogen and oxygen atoms in total. The fourth-order valence-corrected chi connectivity index (χ4v) is 2.34. The Morgan fingerprint density at radius 2 is 2.00 bits per heavy atom. The fourth-order valence-electron chi connectivity index (χ4n) is 1.72. The minimum atomic E-state index is -1.08. The molecule has 1 amide bonds. The standard InChI is InChI=1S/C11H5Cl2N3O6/c1-3(17)22-15-8-10(18)6-4(12)2-5(13)9(16(20)21)7(6)14-11(8)19/h2H,1H3,(H,14,19). The van der Waals surface area contributed by atoms with Gasteiger partial charge in [0.2, 0.25) is 11.5 Å². The van der Waals surface area contributed by atoms with Gasteiger partial charge < -0.3 is 10.2 Å². The summed E-state index contributed by atoms with van der Waals surface area (Å²) in [5.41, 5.74) is -2.22. The number of nitro benzene ring substituents is 1. The van der Waals surface area contributed by atoms with Crippen LogP contribution < -0.4 is 5.32 Å². The van der Waals surface area contributed by atoms with Crippen LogP contribution in [0.5, 0.6) is 0 Å². The number of rotatable bonds is 2. The number of amides is 1. The number of nitrogens with zero attached hydrogens (tertiary/aromatic N) is 2. The summed E-state index contributed by atoms with van der Waals surface area (Å²) in [4.78, 5) is 49.1. The molecule has 0 spiro atoms. The maximum absolute atomic E-state index is 12.2. The van der Waals surface area contributed by atoms with Crippen molar-refractivity contribution in [1.29, 1.82) is 0 Å². The molecule has 0 saturated carbocycles. The predicted molar refractivity (Wildman–Crippen MR) is 75.3 cm³/mol. The highest BCUT2D eigenvalue weighted by molar-refractivity contribution is 6.73. The van der Waals surface area contributed by atoms with Crippen LogP contribution in [-0.4, -0.2) is 28.3 Å². The van der Waals surface area contributed by atoms with Crippen LogP contribution >= 0.6 is 23.2 Å². The Morgan fingerprint density at radius 3 is 2.55 bits per heavy atom. The number of benzene rings is 1. The van der Waals surface area contributed by atoms with E-state index in [1.807, 2.05) is 0 Å². The van der Waals surface area contributed by atoms with Gasteiger partial charge in [0.25, 0.3) is 5.91 Å². The summed E-state index contributed by atoms with van der Waals surface area (Å²) in [6, 6.07) is 0.999. The molecule has 22 heavy (non-hydrogen) atoms. The van der Waals surface area contributed by atoms with Gasteiger partial charge in [-0.15, -0.1) is 0 Å². The van der Waals surface area contributed by atoms with Gasteiger partial charge in [0.05, 0.1) is 15.5 Å². The van der Waals surface area contributed by atoms with Crippen molar-refractivity contribution < 1.29 is 24.1 Å². The minimum absolute atomic E-state index is 0.217. The molecule has 0 aliphatic carbocycles. The Balaban J connectivity index is 2.67. The van der Waals surface area contributed by atoms with Crippen molar-refractivity contribution in [3.63, 3.8) is 0 Å². The average Bonchev–Trinajstić information content (AvgIpc) is 2.36. The molecule has 0 unspecified atom stereocenters. The molecule has 0 atom stereocenters. The van der Waals surface area contributed by atoms with Gasteiger partial charge in [-0.2, -0.15) is 0 Å². The lowest BCUT2D eigenvalue weighted by molar-refractivity contribution is -0.383. The van der Waals surface area contributed by atoms with Crippen LogP contribution in [0, 0.1) is 10.1 Å². The average molecular weight is 346 g/mol. The molecule has 1 aliphatic heterocycles. The van der Waals surface area contributed by atoms with Gasteiger partial charge in [-0.3, -0.25) is 19.7 Å². The summed E-state index contributed by atoms with van der Waals surface area (Å²) < 4.78 is 0. The zero-order chi connectivity index (χ0) is 16.6. The topological polar surface area (TPSA) is 128 Å². The van der Waals surface area contributed by atoms with Crippen molar-refractivity contribution in [2.75, 3.05) is 5.32 Å². The minimum Gasteiger partial charge on any atom is -0.318 e. The van der Waals surface area contributed by atoms with Gasteiger partial charge in [-0.25, -0.2) is 4.79 Å². The molecule has 0 radical (unpaired) electrons. The van der Waals surface area contributed by atoms with Crippen LogP contribution in [0.2, 0.25) is 10.0 Å². The van der Waals surface area contributed by atoms with Gasteiger partial charge in [-0.05, 0) is 6.07 Å². The Labute approximate surface area is 132 Å². The number of nitrogens with one attached hydrogen (secondary N) is 1. The van der Waals surface area contributed by atoms with Gasteiger partial charge in [0, 0.05) is 6.92 Å². The third-order valence-corrected chi connectivity index (χ3v) is 3.14. The van der Waals surface area contributed by atoms with E-state index < -0.39 is 39.7 Å². The third kappa shape index (κ3) is 2.63. The van der Waals surface area contributed by atoms with Crippen LogP contribution in [0.1, 0.15) is 17.3 Å². The molecule has 1 aromatic rings. The van der Waals surface area contributed by atoms with Gasteiger partial charge in [-0.1, -0.05) is 28.4 Å². The molecule has 0 saturated heterocycles. The number of fused-ring (bicyclic) bond motifs is 1. The van der Waals surface area contributed by atoms with Crippen molar-refractivity contribution in [3.05, 3.63) is 31.8 Å². The zero-order valence-corrected chi connectivity index (χ0v) is 12.2. The van der Waals surface area contributed by atoms with Gasteiger partial charge in [0.1, 0.15) is 10.7 Å². The van der Waals surface area contributed by atoms with E-state index in [0.717, 1.165) is 13.0 Å². The number of hydrogen-bond acceptors (Lipinski definition) is 7. The second-order valence-electron chi connectivity index (χ2n) is 4.00. The molecule has 1 aliphatic rings. The highest BCUT2D eigenvalue weighted by Crippen LogP contribution is 2.41. The zero-order valence-electron chi connectivity index (χ0n) is 10.7. The number of nitro groups is 1. The number of Topliss-reactive ketones (excluding diaryl/α,β-unsaturated/α-hetero) is 1. The van der Waals surface area contributed by atoms with E-state index in [9.17, 15) is 24.5 Å². The molecule has 1 heterocycles. The Bertz CT molecular complexity index is 774. The maximum Gasteiger partial charge on any atom is 0.332 e. The Kier molecular flexibility index (Phi) is 4.11. The molecule has 0 fully saturated rings. The van der Waals surface area contributed by atoms with E-state index in [1.165, 1.54) is 0 Å². The smallest absolute Gasteiger partial charge is 0.318 e. The second-order valence-corrected chi connectivity index (χ2v) is 4.82. The number of halogens is 2. The van der Waals surface area contributed by atoms with Crippen LogP contribution in [-0.2, 0) is 14.4 Å². The summed E-state index contributed by atoms with van der Waals surface area (Å²) in [5, 5.41) is 15.7. The van der Waals surface area contributed by atoms with Crippen LogP contribution in [0.25, 0.3) is 0 Å². The third-order valence-electron chi connectivity index (χ3n) is 2.55. The lowest BCUT2D eigenvalue weighted by Gasteiger charge is -2.18. The van der Waals surface area contributed by atoms with Gasteiger partial charge in [0.15, 0.2) is 0 Å². The Morgan fingerprint density at radius 1 is 1.36 bits per heavy atom. The molecule has 2 rings (SSSR count). The first-order valence-corrected chi connectivity index (χ1v) is 6.27. The molecule has 1 aromatic carbocycles. The van der Waals surface area contributed by atoms with E-state index in [0.29, 0.717) is 0 Å². The number of anilines is 1. The second kappa shape index (κ2) is 5.70. The molecule has 0 bridgehead atoms. The summed E-state index contributed by atoms with van der Waals surface area (Å²) in [6.45, 7) is 1.01. The van der Waals surface area contributed by atoms with Crippen molar-refractivity contribution in [2.45, 2.75) is 6.92 Å². The normalized spacial score (nSPS) is 15.3. The first kappa shape index (κ1) is 15.9. The lowest BCUT2D eigenvalue weighted by Crippen LogP contribution is -2.36. The molecular formula is C11H5Cl2N3O6. The monoisotopic (exact) mass is 345 g/mol. The molecular weight excluding hydrogens is 341 g/mol. The number of oxime groups is 1. The molecule has 11 heteroatoms.